The maximum Gasteiger partial charge on any atom is 0.422 e. The number of rotatable bonds is 4. The molecule has 0 saturated heterocycles. The largest absolute Gasteiger partial charge is 0.422 e. The predicted octanol–water partition coefficient (Wildman–Crippen LogP) is 7.96. The fourth-order valence-electron chi connectivity index (χ4n) is 2.90. The van der Waals surface area contributed by atoms with Crippen LogP contribution in [0.4, 0.5) is 43.9 Å². The van der Waals surface area contributed by atoms with Crippen molar-refractivity contribution in [3.63, 3.8) is 0 Å². The molecule has 0 aliphatic rings. The van der Waals surface area contributed by atoms with Gasteiger partial charge in [-0.2, -0.15) is 17.6 Å². The predicted molar refractivity (Wildman–Crippen MR) is 103 cm³/mol. The smallest absolute Gasteiger partial charge is 0.255 e. The maximum absolute atomic E-state index is 13.7. The Hall–Kier alpha value is -3.37. The second-order valence-corrected chi connectivity index (χ2v) is 6.87. The molecule has 0 atom stereocenters. The molecular weight excluding hydrogens is 482 g/mol. The lowest BCUT2D eigenvalue weighted by atomic mass is 10.0. The number of aryl methyl sites for hydroxylation is 1. The first kappa shape index (κ1) is 26.9. The zero-order chi connectivity index (χ0) is 25.8. The number of halogens is 10. The minimum atomic E-state index is -5.24. The molecule has 0 saturated carbocycles. The summed E-state index contributed by atoms with van der Waals surface area (Å²) >= 11 is 0. The topological polar surface area (TPSA) is 17.1 Å². The molecular formula is C23H14F10O. The van der Waals surface area contributed by atoms with Gasteiger partial charge in [-0.3, -0.25) is 4.79 Å². The zero-order valence-electron chi connectivity index (χ0n) is 17.1. The molecule has 0 amide bonds. The normalized spacial score (nSPS) is 11.1. The second kappa shape index (κ2) is 10.7. The van der Waals surface area contributed by atoms with Crippen LogP contribution in [0.1, 0.15) is 34.8 Å². The molecule has 0 aliphatic carbocycles. The number of hydrogen-bond acceptors (Lipinski definition) is 1. The van der Waals surface area contributed by atoms with Crippen LogP contribution in [0.3, 0.4) is 0 Å². The van der Waals surface area contributed by atoms with E-state index in [4.69, 9.17) is 0 Å². The molecule has 0 fully saturated rings. The highest BCUT2D eigenvalue weighted by Crippen LogP contribution is 2.36. The minimum absolute atomic E-state index is 0.233. The Morgan fingerprint density at radius 3 is 1.82 bits per heavy atom. The van der Waals surface area contributed by atoms with Gasteiger partial charge in [0.15, 0.2) is 17.5 Å². The lowest BCUT2D eigenvalue weighted by molar-refractivity contribution is -0.142. The van der Waals surface area contributed by atoms with Gasteiger partial charge in [0, 0.05) is 5.56 Å². The van der Waals surface area contributed by atoms with Crippen molar-refractivity contribution in [3.8, 4) is 11.1 Å². The molecule has 3 aromatic carbocycles. The molecule has 1 nitrogen and oxygen atoms in total. The zero-order valence-corrected chi connectivity index (χ0v) is 17.1. The van der Waals surface area contributed by atoms with Crippen molar-refractivity contribution in [2.75, 3.05) is 0 Å². The highest BCUT2D eigenvalue weighted by atomic mass is 19.4. The van der Waals surface area contributed by atoms with E-state index >= 15 is 0 Å². The van der Waals surface area contributed by atoms with Gasteiger partial charge in [-0.05, 0) is 47.9 Å². The molecule has 0 spiro atoms. The van der Waals surface area contributed by atoms with Gasteiger partial charge in [-0.25, -0.2) is 26.3 Å². The van der Waals surface area contributed by atoms with Gasteiger partial charge in [0.2, 0.25) is 0 Å². The van der Waals surface area contributed by atoms with E-state index in [0.29, 0.717) is 31.0 Å². The number of carbonyl (C=O) groups is 1. The van der Waals surface area contributed by atoms with E-state index in [1.807, 2.05) is 6.92 Å². The molecule has 3 rings (SSSR count). The third kappa shape index (κ3) is 6.15. The average molecular weight is 496 g/mol. The van der Waals surface area contributed by atoms with Gasteiger partial charge in [0.1, 0.15) is 23.0 Å². The Morgan fingerprint density at radius 2 is 1.35 bits per heavy atom. The molecule has 0 aromatic heterocycles. The maximum atomic E-state index is 13.7. The Bertz CT molecular complexity index is 1180. The van der Waals surface area contributed by atoms with Gasteiger partial charge >= 0.3 is 12.2 Å². The molecule has 0 heterocycles. The highest BCUT2D eigenvalue weighted by molar-refractivity contribution is 5.89. The summed E-state index contributed by atoms with van der Waals surface area (Å²) in [6.07, 6.45) is -4.10. The van der Waals surface area contributed by atoms with Gasteiger partial charge in [0.25, 0.3) is 0 Å². The quantitative estimate of drug-likeness (QED) is 0.204. The number of carbonyl (C=O) groups excluding carboxylic acids is 1. The van der Waals surface area contributed by atoms with E-state index in [1.165, 1.54) is 6.07 Å². The van der Waals surface area contributed by atoms with E-state index in [-0.39, 0.29) is 5.56 Å². The van der Waals surface area contributed by atoms with Crippen LogP contribution in [0.25, 0.3) is 11.1 Å². The van der Waals surface area contributed by atoms with E-state index in [9.17, 15) is 48.7 Å². The Balaban J connectivity index is 0.000000287. The van der Waals surface area contributed by atoms with Crippen LogP contribution in [0, 0.1) is 34.9 Å². The van der Waals surface area contributed by atoms with E-state index in [0.717, 1.165) is 18.2 Å². The van der Waals surface area contributed by atoms with Crippen LogP contribution in [0.15, 0.2) is 42.5 Å². The molecule has 0 aliphatic heterocycles. The van der Waals surface area contributed by atoms with Crippen LogP contribution in [-0.2, 0) is 12.6 Å². The summed E-state index contributed by atoms with van der Waals surface area (Å²) in [6, 6.07) is 3.07. The third-order valence-corrected chi connectivity index (χ3v) is 4.47. The summed E-state index contributed by atoms with van der Waals surface area (Å²) in [5.41, 5.74) is -3.48. The van der Waals surface area contributed by atoms with Crippen molar-refractivity contribution in [3.05, 3.63) is 94.1 Å². The van der Waals surface area contributed by atoms with Gasteiger partial charge in [-0.1, -0.05) is 25.5 Å². The summed E-state index contributed by atoms with van der Waals surface area (Å²) < 4.78 is 128. The first-order valence-corrected chi connectivity index (χ1v) is 9.46. The average Bonchev–Trinajstić information content (AvgIpc) is 2.73. The van der Waals surface area contributed by atoms with E-state index in [2.05, 4.69) is 0 Å². The monoisotopic (exact) mass is 496 g/mol. The Morgan fingerprint density at radius 1 is 0.765 bits per heavy atom. The van der Waals surface area contributed by atoms with Crippen molar-refractivity contribution >= 4 is 6.04 Å². The van der Waals surface area contributed by atoms with Crippen LogP contribution < -0.4 is 0 Å². The molecule has 11 heteroatoms. The fraction of sp³-hybridized carbons (Fsp3) is 0.174. The SMILES string of the molecule is CCCc1ccc(F)c(F)c1F.O=C(F)c1ccc(-c2cc(F)c(C(F)(F)F)c(F)c2)c(F)c1. The first-order chi connectivity index (χ1) is 15.8. The van der Waals surface area contributed by atoms with Crippen molar-refractivity contribution in [1.29, 1.82) is 0 Å². The summed E-state index contributed by atoms with van der Waals surface area (Å²) in [7, 11) is 0. The van der Waals surface area contributed by atoms with Crippen LogP contribution >= 0.6 is 0 Å². The van der Waals surface area contributed by atoms with Crippen molar-refractivity contribution in [2.45, 2.75) is 25.9 Å². The van der Waals surface area contributed by atoms with Crippen LogP contribution in [-0.4, -0.2) is 6.04 Å². The molecule has 182 valence electrons. The van der Waals surface area contributed by atoms with Crippen molar-refractivity contribution < 1.29 is 48.7 Å². The van der Waals surface area contributed by atoms with E-state index < -0.39 is 69.4 Å². The van der Waals surface area contributed by atoms with Crippen molar-refractivity contribution in [2.24, 2.45) is 0 Å². The summed E-state index contributed by atoms with van der Waals surface area (Å²) in [5, 5.41) is 0. The number of benzene rings is 3. The number of alkyl halides is 3. The Labute approximate surface area is 186 Å². The lowest BCUT2D eigenvalue weighted by Crippen LogP contribution is -2.11. The fourth-order valence-corrected chi connectivity index (χ4v) is 2.90. The standard InChI is InChI=1S/C14H5F7O.C9H9F3/c15-9-3-6(13(18)22)1-2-8(9)7-4-10(16)12(11(17)5-7)14(19,20)21;1-2-3-6-4-5-7(10)9(12)8(6)11/h1-5H;4-5H,2-3H2,1H3. The molecule has 0 bridgehead atoms. The molecule has 0 N–H and O–H groups in total. The second-order valence-electron chi connectivity index (χ2n) is 6.87. The minimum Gasteiger partial charge on any atom is -0.255 e. The molecule has 3 aromatic rings. The first-order valence-electron chi connectivity index (χ1n) is 9.46. The van der Waals surface area contributed by atoms with Gasteiger partial charge < -0.3 is 0 Å². The Kier molecular flexibility index (Phi) is 8.46. The van der Waals surface area contributed by atoms with Crippen LogP contribution in [0.5, 0.6) is 0 Å². The molecule has 0 radical (unpaired) electrons. The van der Waals surface area contributed by atoms with Gasteiger partial charge in [-0.15, -0.1) is 0 Å². The van der Waals surface area contributed by atoms with Crippen molar-refractivity contribution in [1.82, 2.24) is 0 Å². The highest BCUT2D eigenvalue weighted by Gasteiger charge is 2.38. The summed E-state index contributed by atoms with van der Waals surface area (Å²) in [5.74, 6) is -8.59. The summed E-state index contributed by atoms with van der Waals surface area (Å²) in [6.45, 7) is 1.85. The molecule has 0 unspecified atom stereocenters. The number of hydrogen-bond donors (Lipinski definition) is 0. The summed E-state index contributed by atoms with van der Waals surface area (Å²) in [4.78, 5) is 10.4. The van der Waals surface area contributed by atoms with Crippen LogP contribution in [0.2, 0.25) is 0 Å². The van der Waals surface area contributed by atoms with E-state index in [1.54, 1.807) is 0 Å². The lowest BCUT2D eigenvalue weighted by Gasteiger charge is -2.11. The van der Waals surface area contributed by atoms with Gasteiger partial charge in [0.05, 0.1) is 5.56 Å². The molecule has 34 heavy (non-hydrogen) atoms. The third-order valence-electron chi connectivity index (χ3n) is 4.47.